The molecule has 0 saturated carbocycles. The van der Waals surface area contributed by atoms with E-state index in [1.54, 1.807) is 41.1 Å². The maximum atomic E-state index is 12.5. The normalized spacial score (nSPS) is 10.8. The standard InChI is InChI=1S/C20H20Cl2N4O3/c1-12-17(24-25-26(12)10-14-5-15(21)8-16(22)6-14)9-20(28)23-18-7-13(11-27)3-4-19(18)29-2/h3-8,27H,9-11H2,1-2H3,(H,23,28). The average Bonchev–Trinajstić information content (AvgIpc) is 3.00. The molecule has 0 radical (unpaired) electrons. The highest BCUT2D eigenvalue weighted by Crippen LogP contribution is 2.26. The predicted octanol–water partition coefficient (Wildman–Crippen LogP) is 3.62. The third kappa shape index (κ3) is 5.26. The molecule has 2 N–H and O–H groups in total. The molecule has 0 aliphatic carbocycles. The van der Waals surface area contributed by atoms with Gasteiger partial charge in [-0.15, -0.1) is 5.10 Å². The van der Waals surface area contributed by atoms with Gasteiger partial charge >= 0.3 is 0 Å². The van der Waals surface area contributed by atoms with E-state index in [0.29, 0.717) is 39.3 Å². The van der Waals surface area contributed by atoms with Gasteiger partial charge in [-0.25, -0.2) is 4.68 Å². The van der Waals surface area contributed by atoms with E-state index < -0.39 is 0 Å². The summed E-state index contributed by atoms with van der Waals surface area (Å²) in [5.74, 6) is 0.244. The van der Waals surface area contributed by atoms with Crippen LogP contribution in [0, 0.1) is 6.92 Å². The quantitative estimate of drug-likeness (QED) is 0.592. The second-order valence-electron chi connectivity index (χ2n) is 6.47. The highest BCUT2D eigenvalue weighted by atomic mass is 35.5. The van der Waals surface area contributed by atoms with Gasteiger partial charge < -0.3 is 15.2 Å². The second-order valence-corrected chi connectivity index (χ2v) is 7.35. The van der Waals surface area contributed by atoms with Crippen molar-refractivity contribution >= 4 is 34.8 Å². The monoisotopic (exact) mass is 434 g/mol. The number of nitrogens with one attached hydrogen (secondary N) is 1. The van der Waals surface area contributed by atoms with E-state index in [1.165, 1.54) is 7.11 Å². The van der Waals surface area contributed by atoms with Crippen molar-refractivity contribution in [2.45, 2.75) is 26.5 Å². The van der Waals surface area contributed by atoms with E-state index in [4.69, 9.17) is 27.9 Å². The number of halogens is 2. The Morgan fingerprint density at radius 2 is 1.90 bits per heavy atom. The number of aliphatic hydroxyl groups is 1. The van der Waals surface area contributed by atoms with Crippen LogP contribution >= 0.6 is 23.2 Å². The molecule has 152 valence electrons. The Kier molecular flexibility index (Phi) is 6.74. The van der Waals surface area contributed by atoms with E-state index in [0.717, 1.165) is 11.3 Å². The Balaban J connectivity index is 1.72. The first-order valence-electron chi connectivity index (χ1n) is 8.81. The van der Waals surface area contributed by atoms with Gasteiger partial charge in [0.2, 0.25) is 5.91 Å². The number of hydrogen-bond acceptors (Lipinski definition) is 5. The van der Waals surface area contributed by atoms with Crippen molar-refractivity contribution in [1.82, 2.24) is 15.0 Å². The summed E-state index contributed by atoms with van der Waals surface area (Å²) in [5.41, 5.74) is 3.38. The summed E-state index contributed by atoms with van der Waals surface area (Å²) in [6, 6.07) is 10.4. The molecule has 1 heterocycles. The van der Waals surface area contributed by atoms with E-state index in [-0.39, 0.29) is 18.9 Å². The van der Waals surface area contributed by atoms with Crippen LogP contribution in [0.2, 0.25) is 10.0 Å². The number of aliphatic hydroxyl groups excluding tert-OH is 1. The van der Waals surface area contributed by atoms with Crippen molar-refractivity contribution < 1.29 is 14.6 Å². The molecule has 3 rings (SSSR count). The molecule has 0 spiro atoms. The third-order valence-electron chi connectivity index (χ3n) is 4.38. The zero-order chi connectivity index (χ0) is 21.0. The fourth-order valence-corrected chi connectivity index (χ4v) is 3.45. The molecular formula is C20H20Cl2N4O3. The zero-order valence-electron chi connectivity index (χ0n) is 15.9. The van der Waals surface area contributed by atoms with Crippen LogP contribution < -0.4 is 10.1 Å². The minimum absolute atomic E-state index is 0.0502. The van der Waals surface area contributed by atoms with Gasteiger partial charge in [0.05, 0.1) is 43.8 Å². The van der Waals surface area contributed by atoms with E-state index >= 15 is 0 Å². The van der Waals surface area contributed by atoms with Crippen LogP contribution in [-0.4, -0.2) is 33.1 Å². The van der Waals surface area contributed by atoms with Gasteiger partial charge in [0.1, 0.15) is 5.75 Å². The number of methoxy groups -OCH3 is 1. The largest absolute Gasteiger partial charge is 0.495 e. The van der Waals surface area contributed by atoms with Crippen molar-refractivity contribution in [2.24, 2.45) is 0 Å². The Bertz CT molecular complexity index is 1020. The molecule has 7 nitrogen and oxygen atoms in total. The molecule has 3 aromatic rings. The smallest absolute Gasteiger partial charge is 0.230 e. The highest BCUT2D eigenvalue weighted by Gasteiger charge is 2.15. The number of nitrogens with zero attached hydrogens (tertiary/aromatic N) is 3. The molecule has 9 heteroatoms. The Labute approximate surface area is 178 Å². The first-order valence-corrected chi connectivity index (χ1v) is 9.56. The Hall–Kier alpha value is -2.61. The summed E-state index contributed by atoms with van der Waals surface area (Å²) in [6.07, 6.45) is 0.0502. The van der Waals surface area contributed by atoms with Gasteiger partial charge in [-0.05, 0) is 48.4 Å². The van der Waals surface area contributed by atoms with Crippen LogP contribution in [0.1, 0.15) is 22.5 Å². The SMILES string of the molecule is COc1ccc(CO)cc1NC(=O)Cc1nnn(Cc2cc(Cl)cc(Cl)c2)c1C. The van der Waals surface area contributed by atoms with E-state index in [1.807, 2.05) is 6.92 Å². The summed E-state index contributed by atoms with van der Waals surface area (Å²) in [4.78, 5) is 12.5. The van der Waals surface area contributed by atoms with Crippen molar-refractivity contribution in [2.75, 3.05) is 12.4 Å². The maximum Gasteiger partial charge on any atom is 0.230 e. The van der Waals surface area contributed by atoms with Gasteiger partial charge in [0, 0.05) is 10.0 Å². The molecule has 2 aromatic carbocycles. The number of carbonyl (C=O) groups is 1. The molecule has 1 aromatic heterocycles. The Morgan fingerprint density at radius 3 is 2.55 bits per heavy atom. The van der Waals surface area contributed by atoms with Crippen LogP contribution in [0.3, 0.4) is 0 Å². The lowest BCUT2D eigenvalue weighted by molar-refractivity contribution is -0.115. The zero-order valence-corrected chi connectivity index (χ0v) is 17.5. The number of hydrogen-bond donors (Lipinski definition) is 2. The number of rotatable bonds is 7. The molecule has 0 unspecified atom stereocenters. The summed E-state index contributed by atoms with van der Waals surface area (Å²) in [7, 11) is 1.52. The Morgan fingerprint density at radius 1 is 1.17 bits per heavy atom. The third-order valence-corrected chi connectivity index (χ3v) is 4.82. The number of ether oxygens (including phenoxy) is 1. The number of amides is 1. The second kappa shape index (κ2) is 9.26. The van der Waals surface area contributed by atoms with Gasteiger partial charge in [0.15, 0.2) is 0 Å². The molecule has 0 saturated heterocycles. The minimum atomic E-state index is -0.265. The summed E-state index contributed by atoms with van der Waals surface area (Å²) in [5, 5.41) is 21.5. The minimum Gasteiger partial charge on any atom is -0.495 e. The van der Waals surface area contributed by atoms with Crippen LogP contribution in [0.5, 0.6) is 5.75 Å². The van der Waals surface area contributed by atoms with Gasteiger partial charge in [-0.2, -0.15) is 0 Å². The highest BCUT2D eigenvalue weighted by molar-refractivity contribution is 6.34. The van der Waals surface area contributed by atoms with Gasteiger partial charge in [-0.1, -0.05) is 34.5 Å². The van der Waals surface area contributed by atoms with Crippen molar-refractivity contribution in [3.63, 3.8) is 0 Å². The molecule has 0 atom stereocenters. The topological polar surface area (TPSA) is 89.3 Å². The van der Waals surface area contributed by atoms with Crippen LogP contribution in [0.15, 0.2) is 36.4 Å². The van der Waals surface area contributed by atoms with Crippen LogP contribution in [0.25, 0.3) is 0 Å². The first-order chi connectivity index (χ1) is 13.9. The predicted molar refractivity (Wildman–Crippen MR) is 112 cm³/mol. The lowest BCUT2D eigenvalue weighted by Gasteiger charge is -2.11. The van der Waals surface area contributed by atoms with Crippen LogP contribution in [-0.2, 0) is 24.4 Å². The fourth-order valence-electron chi connectivity index (χ4n) is 2.88. The number of benzene rings is 2. The van der Waals surface area contributed by atoms with Crippen LogP contribution in [0.4, 0.5) is 5.69 Å². The lowest BCUT2D eigenvalue weighted by atomic mass is 10.1. The average molecular weight is 435 g/mol. The summed E-state index contributed by atoms with van der Waals surface area (Å²) < 4.78 is 6.95. The molecule has 0 fully saturated rings. The maximum absolute atomic E-state index is 12.5. The molecule has 0 aliphatic rings. The molecule has 0 aliphatic heterocycles. The van der Waals surface area contributed by atoms with Crippen molar-refractivity contribution in [3.8, 4) is 5.75 Å². The first kappa shape index (κ1) is 21.1. The molecule has 1 amide bonds. The van der Waals surface area contributed by atoms with E-state index in [9.17, 15) is 9.90 Å². The van der Waals surface area contributed by atoms with Gasteiger partial charge in [-0.3, -0.25) is 4.79 Å². The van der Waals surface area contributed by atoms with E-state index in [2.05, 4.69) is 15.6 Å². The number of carbonyl (C=O) groups excluding carboxylic acids is 1. The molecule has 0 bridgehead atoms. The summed E-state index contributed by atoms with van der Waals surface area (Å²) >= 11 is 12.1. The lowest BCUT2D eigenvalue weighted by Crippen LogP contribution is -2.16. The molecule has 29 heavy (non-hydrogen) atoms. The van der Waals surface area contributed by atoms with Gasteiger partial charge in [0.25, 0.3) is 0 Å². The number of aromatic nitrogens is 3. The fraction of sp³-hybridized carbons (Fsp3) is 0.250. The van der Waals surface area contributed by atoms with Crippen molar-refractivity contribution in [3.05, 3.63) is 69.0 Å². The summed E-state index contributed by atoms with van der Waals surface area (Å²) in [6.45, 7) is 2.16. The molecular weight excluding hydrogens is 415 g/mol. The number of anilines is 1. The van der Waals surface area contributed by atoms with Crippen molar-refractivity contribution in [1.29, 1.82) is 0 Å².